The van der Waals surface area contributed by atoms with Crippen molar-refractivity contribution >= 4 is 29.7 Å². The van der Waals surface area contributed by atoms with Crippen molar-refractivity contribution in [1.82, 2.24) is 5.43 Å². The van der Waals surface area contributed by atoms with Crippen LogP contribution in [0.15, 0.2) is 102 Å². The van der Waals surface area contributed by atoms with Gasteiger partial charge in [0.2, 0.25) is 0 Å². The van der Waals surface area contributed by atoms with E-state index in [4.69, 9.17) is 21.1 Å². The Balaban J connectivity index is 1.32. The van der Waals surface area contributed by atoms with Gasteiger partial charge in [0.1, 0.15) is 18.1 Å². The van der Waals surface area contributed by atoms with Crippen molar-refractivity contribution in [3.05, 3.63) is 130 Å². The Kier molecular flexibility index (Phi) is 8.11. The van der Waals surface area contributed by atoms with E-state index in [0.717, 1.165) is 16.7 Å². The van der Waals surface area contributed by atoms with Crippen LogP contribution in [0, 0.1) is 6.92 Å². The van der Waals surface area contributed by atoms with Crippen LogP contribution in [0.4, 0.5) is 0 Å². The fourth-order valence-corrected chi connectivity index (χ4v) is 3.35. The van der Waals surface area contributed by atoms with Crippen molar-refractivity contribution < 1.29 is 19.1 Å². The summed E-state index contributed by atoms with van der Waals surface area (Å²) < 4.78 is 11.2. The second kappa shape index (κ2) is 11.8. The molecule has 4 aromatic rings. The first-order valence-corrected chi connectivity index (χ1v) is 11.5. The highest BCUT2D eigenvalue weighted by Crippen LogP contribution is 2.20. The quantitative estimate of drug-likeness (QED) is 0.135. The molecular formula is C29H23ClN2O4. The molecule has 0 aliphatic rings. The first kappa shape index (κ1) is 24.7. The van der Waals surface area contributed by atoms with Gasteiger partial charge in [-0.25, -0.2) is 10.2 Å². The Morgan fingerprint density at radius 2 is 1.58 bits per heavy atom. The number of benzene rings is 4. The van der Waals surface area contributed by atoms with Crippen molar-refractivity contribution in [3.63, 3.8) is 0 Å². The number of ether oxygens (including phenoxy) is 2. The number of halogens is 1. The largest absolute Gasteiger partial charge is 0.488 e. The highest BCUT2D eigenvalue weighted by Gasteiger charge is 2.12. The highest BCUT2D eigenvalue weighted by molar-refractivity contribution is 6.30. The maximum absolute atomic E-state index is 12.7. The molecule has 0 atom stereocenters. The number of aryl methyl sites for hydroxylation is 1. The molecule has 1 amide bonds. The van der Waals surface area contributed by atoms with Crippen molar-refractivity contribution in [3.8, 4) is 11.5 Å². The van der Waals surface area contributed by atoms with E-state index >= 15 is 0 Å². The minimum Gasteiger partial charge on any atom is -0.488 e. The third-order valence-electron chi connectivity index (χ3n) is 5.20. The van der Waals surface area contributed by atoms with Crippen LogP contribution < -0.4 is 14.9 Å². The van der Waals surface area contributed by atoms with Crippen LogP contribution in [0.3, 0.4) is 0 Å². The standard InChI is InChI=1S/C29H23ClN2O4/c1-20-6-12-23(13-7-20)29(34)36-25-16-10-21(11-17-25)18-31-32-28(33)26-4-2-3-5-27(26)35-19-22-8-14-24(30)15-9-22/h2-18H,19H2,1H3,(H,32,33)/b31-18-. The molecule has 180 valence electrons. The third kappa shape index (κ3) is 6.81. The number of esters is 1. The third-order valence-corrected chi connectivity index (χ3v) is 5.45. The van der Waals surface area contributed by atoms with E-state index in [1.165, 1.54) is 6.21 Å². The number of hydrogen-bond acceptors (Lipinski definition) is 5. The molecule has 1 N–H and O–H groups in total. The predicted molar refractivity (Wildman–Crippen MR) is 140 cm³/mol. The molecule has 0 heterocycles. The van der Waals surface area contributed by atoms with Crippen LogP contribution in [0.5, 0.6) is 11.5 Å². The minimum atomic E-state index is -0.430. The summed E-state index contributed by atoms with van der Waals surface area (Å²) >= 11 is 5.92. The number of nitrogens with one attached hydrogen (secondary N) is 1. The fourth-order valence-electron chi connectivity index (χ4n) is 3.23. The normalized spacial score (nSPS) is 10.7. The van der Waals surface area contributed by atoms with E-state index in [-0.39, 0.29) is 0 Å². The first-order valence-electron chi connectivity index (χ1n) is 11.2. The van der Waals surface area contributed by atoms with Crippen LogP contribution in [0.25, 0.3) is 0 Å². The molecule has 0 aliphatic carbocycles. The Labute approximate surface area is 214 Å². The van der Waals surface area contributed by atoms with E-state index in [1.807, 2.05) is 31.2 Å². The molecular weight excluding hydrogens is 476 g/mol. The van der Waals surface area contributed by atoms with Crippen LogP contribution >= 0.6 is 11.6 Å². The predicted octanol–water partition coefficient (Wildman–Crippen LogP) is 6.21. The van der Waals surface area contributed by atoms with Gasteiger partial charge < -0.3 is 9.47 Å². The van der Waals surface area contributed by atoms with Crippen LogP contribution in [0.1, 0.15) is 37.4 Å². The summed E-state index contributed by atoms with van der Waals surface area (Å²) in [6.45, 7) is 2.25. The number of hydrogen-bond donors (Lipinski definition) is 1. The van der Waals surface area contributed by atoms with E-state index in [0.29, 0.717) is 34.3 Å². The summed E-state index contributed by atoms with van der Waals surface area (Å²) in [4.78, 5) is 24.9. The summed E-state index contributed by atoms with van der Waals surface area (Å²) in [5, 5.41) is 4.68. The average Bonchev–Trinajstić information content (AvgIpc) is 2.90. The second-order valence-electron chi connectivity index (χ2n) is 7.94. The van der Waals surface area contributed by atoms with Crippen LogP contribution in [0.2, 0.25) is 5.02 Å². The lowest BCUT2D eigenvalue weighted by molar-refractivity contribution is 0.0734. The van der Waals surface area contributed by atoms with Crippen molar-refractivity contribution in [2.45, 2.75) is 13.5 Å². The minimum absolute atomic E-state index is 0.297. The van der Waals surface area contributed by atoms with Gasteiger partial charge >= 0.3 is 5.97 Å². The molecule has 0 spiro atoms. The molecule has 0 unspecified atom stereocenters. The van der Waals surface area contributed by atoms with E-state index < -0.39 is 11.9 Å². The maximum atomic E-state index is 12.7. The first-order chi connectivity index (χ1) is 17.5. The van der Waals surface area contributed by atoms with Gasteiger partial charge in [0.15, 0.2) is 0 Å². The summed E-state index contributed by atoms with van der Waals surface area (Å²) in [6.07, 6.45) is 1.50. The van der Waals surface area contributed by atoms with Gasteiger partial charge in [-0.05, 0) is 78.7 Å². The molecule has 0 bridgehead atoms. The molecule has 4 rings (SSSR count). The zero-order valence-electron chi connectivity index (χ0n) is 19.5. The number of nitrogens with zero attached hydrogens (tertiary/aromatic N) is 1. The summed E-state index contributed by atoms with van der Waals surface area (Å²) in [5.41, 5.74) is 6.07. The topological polar surface area (TPSA) is 77.0 Å². The van der Waals surface area contributed by atoms with Gasteiger partial charge in [-0.2, -0.15) is 5.10 Å². The SMILES string of the molecule is Cc1ccc(C(=O)Oc2ccc(/C=N\NC(=O)c3ccccc3OCc3ccc(Cl)cc3)cc2)cc1. The molecule has 0 aromatic heterocycles. The number of amides is 1. The van der Waals surface area contributed by atoms with E-state index in [9.17, 15) is 9.59 Å². The van der Waals surface area contributed by atoms with Gasteiger partial charge in [-0.1, -0.05) is 53.6 Å². The molecule has 0 saturated carbocycles. The maximum Gasteiger partial charge on any atom is 0.343 e. The van der Waals surface area contributed by atoms with Gasteiger partial charge in [0, 0.05) is 5.02 Å². The van der Waals surface area contributed by atoms with Gasteiger partial charge in [-0.3, -0.25) is 4.79 Å². The fraction of sp³-hybridized carbons (Fsp3) is 0.0690. The number of carbonyl (C=O) groups is 2. The van der Waals surface area contributed by atoms with Crippen LogP contribution in [-0.2, 0) is 6.61 Å². The zero-order valence-corrected chi connectivity index (χ0v) is 20.2. The number of carbonyl (C=O) groups excluding carboxylic acids is 2. The van der Waals surface area contributed by atoms with Gasteiger partial charge in [-0.15, -0.1) is 0 Å². The molecule has 0 aliphatic heterocycles. The van der Waals surface area contributed by atoms with Gasteiger partial charge in [0.25, 0.3) is 5.91 Å². The second-order valence-corrected chi connectivity index (χ2v) is 8.37. The monoisotopic (exact) mass is 498 g/mol. The van der Waals surface area contributed by atoms with E-state index in [2.05, 4.69) is 10.5 Å². The molecule has 6 nitrogen and oxygen atoms in total. The lowest BCUT2D eigenvalue weighted by Gasteiger charge is -2.10. The lowest BCUT2D eigenvalue weighted by atomic mass is 10.1. The summed E-state index contributed by atoms with van der Waals surface area (Å²) in [7, 11) is 0. The lowest BCUT2D eigenvalue weighted by Crippen LogP contribution is -2.18. The Hall–Kier alpha value is -4.42. The molecule has 7 heteroatoms. The highest BCUT2D eigenvalue weighted by atomic mass is 35.5. The Bertz CT molecular complexity index is 1370. The average molecular weight is 499 g/mol. The molecule has 0 saturated heterocycles. The Morgan fingerprint density at radius 1 is 0.889 bits per heavy atom. The Morgan fingerprint density at radius 3 is 2.31 bits per heavy atom. The number of rotatable bonds is 8. The van der Waals surface area contributed by atoms with E-state index in [1.54, 1.807) is 72.8 Å². The van der Waals surface area contributed by atoms with Crippen LogP contribution in [-0.4, -0.2) is 18.1 Å². The van der Waals surface area contributed by atoms with Crippen molar-refractivity contribution in [2.75, 3.05) is 0 Å². The number of hydrazone groups is 1. The molecule has 4 aromatic carbocycles. The summed E-state index contributed by atoms with van der Waals surface area (Å²) in [5.74, 6) is 0.0238. The molecule has 0 fully saturated rings. The van der Waals surface area contributed by atoms with Crippen molar-refractivity contribution in [1.29, 1.82) is 0 Å². The zero-order chi connectivity index (χ0) is 25.3. The van der Waals surface area contributed by atoms with Gasteiger partial charge in [0.05, 0.1) is 17.3 Å². The molecule has 0 radical (unpaired) electrons. The molecule has 36 heavy (non-hydrogen) atoms. The smallest absolute Gasteiger partial charge is 0.343 e. The van der Waals surface area contributed by atoms with Crippen molar-refractivity contribution in [2.24, 2.45) is 5.10 Å². The number of para-hydroxylation sites is 1. The summed E-state index contributed by atoms with van der Waals surface area (Å²) in [6, 6.07) is 28.2.